The maximum absolute atomic E-state index is 14.2. The molecule has 1 aromatic carbocycles. The number of ether oxygens (including phenoxy) is 1. The molecule has 0 saturated carbocycles. The first kappa shape index (κ1) is 22.4. The van der Waals surface area contributed by atoms with Gasteiger partial charge in [0, 0.05) is 25.4 Å². The number of likely N-dealkylation sites (tertiary alicyclic amines) is 1. The Hall–Kier alpha value is -3.26. The number of carbonyl (C=O) groups excluding carboxylic acids is 2. The first-order chi connectivity index (χ1) is 15.0. The number of benzene rings is 1. The smallest absolute Gasteiger partial charge is 0.243 e. The Morgan fingerprint density at radius 1 is 1.35 bits per heavy atom. The zero-order chi connectivity index (χ0) is 22.1. The molecule has 1 aliphatic rings. The highest BCUT2D eigenvalue weighted by Crippen LogP contribution is 2.24. The van der Waals surface area contributed by atoms with Crippen molar-refractivity contribution in [2.75, 3.05) is 26.2 Å². The fourth-order valence-electron chi connectivity index (χ4n) is 3.47. The first-order valence-electron chi connectivity index (χ1n) is 10.4. The number of carbonyl (C=O) groups is 2. The Bertz CT molecular complexity index is 920. The van der Waals surface area contributed by atoms with Crippen molar-refractivity contribution in [2.24, 2.45) is 11.7 Å². The second-order valence-corrected chi connectivity index (χ2v) is 7.50. The monoisotopic (exact) mass is 426 g/mol. The number of primary amides is 1. The maximum atomic E-state index is 14.2. The van der Waals surface area contributed by atoms with E-state index in [2.05, 4.69) is 15.2 Å². The van der Waals surface area contributed by atoms with Gasteiger partial charge in [-0.2, -0.15) is 0 Å². The van der Waals surface area contributed by atoms with Gasteiger partial charge in [-0.05, 0) is 68.3 Å². The van der Waals surface area contributed by atoms with Crippen LogP contribution in [0.5, 0.6) is 11.5 Å². The van der Waals surface area contributed by atoms with E-state index >= 15 is 0 Å². The summed E-state index contributed by atoms with van der Waals surface area (Å²) in [6.45, 7) is 2.96. The summed E-state index contributed by atoms with van der Waals surface area (Å²) in [7, 11) is 0. The van der Waals surface area contributed by atoms with E-state index in [1.807, 2.05) is 0 Å². The Morgan fingerprint density at radius 3 is 2.97 bits per heavy atom. The van der Waals surface area contributed by atoms with Gasteiger partial charge in [0.05, 0.1) is 12.1 Å². The van der Waals surface area contributed by atoms with E-state index < -0.39 is 5.82 Å². The van der Waals surface area contributed by atoms with Gasteiger partial charge < -0.3 is 20.7 Å². The van der Waals surface area contributed by atoms with Gasteiger partial charge in [-0.3, -0.25) is 14.6 Å². The summed E-state index contributed by atoms with van der Waals surface area (Å²) in [6.07, 6.45) is 8.62. The fraction of sp³-hybridized carbons (Fsp3) is 0.348. The van der Waals surface area contributed by atoms with Crippen molar-refractivity contribution < 1.29 is 18.7 Å². The Morgan fingerprint density at radius 2 is 2.23 bits per heavy atom. The number of rotatable bonds is 9. The molecule has 0 bridgehead atoms. The van der Waals surface area contributed by atoms with Crippen LogP contribution in [-0.2, 0) is 9.59 Å². The first-order valence-corrected chi connectivity index (χ1v) is 10.4. The molecule has 1 fully saturated rings. The molecule has 3 rings (SSSR count). The Labute approximate surface area is 181 Å². The molecular weight excluding hydrogens is 399 g/mol. The van der Waals surface area contributed by atoms with Crippen LogP contribution in [0.25, 0.3) is 6.08 Å². The molecule has 2 heterocycles. The van der Waals surface area contributed by atoms with E-state index in [-0.39, 0.29) is 23.5 Å². The van der Waals surface area contributed by atoms with E-state index in [0.29, 0.717) is 24.4 Å². The minimum absolute atomic E-state index is 0.0761. The Kier molecular flexibility index (Phi) is 8.12. The number of hydrogen-bond donors (Lipinski definition) is 2. The highest BCUT2D eigenvalue weighted by Gasteiger charge is 2.23. The molecular formula is C23H27FN4O3. The van der Waals surface area contributed by atoms with Crippen LogP contribution in [0.15, 0.2) is 48.8 Å². The van der Waals surface area contributed by atoms with Crippen molar-refractivity contribution in [1.29, 1.82) is 0 Å². The van der Waals surface area contributed by atoms with Crippen LogP contribution in [0.4, 0.5) is 4.39 Å². The second kappa shape index (κ2) is 11.2. The summed E-state index contributed by atoms with van der Waals surface area (Å²) in [5.41, 5.74) is 5.95. The number of amides is 2. The second-order valence-electron chi connectivity index (χ2n) is 7.50. The van der Waals surface area contributed by atoms with Crippen LogP contribution < -0.4 is 15.8 Å². The summed E-state index contributed by atoms with van der Waals surface area (Å²) >= 11 is 0. The molecule has 2 aromatic rings. The number of halogens is 1. The van der Waals surface area contributed by atoms with Gasteiger partial charge in [-0.15, -0.1) is 0 Å². The maximum Gasteiger partial charge on any atom is 0.243 e. The van der Waals surface area contributed by atoms with E-state index in [0.717, 1.165) is 32.4 Å². The number of pyridine rings is 1. The van der Waals surface area contributed by atoms with Crippen LogP contribution in [0.2, 0.25) is 0 Å². The largest absolute Gasteiger partial charge is 0.453 e. The normalized spacial score (nSPS) is 16.9. The lowest BCUT2D eigenvalue weighted by Gasteiger charge is -2.31. The lowest BCUT2D eigenvalue weighted by atomic mass is 9.97. The van der Waals surface area contributed by atoms with E-state index in [1.54, 1.807) is 30.5 Å². The van der Waals surface area contributed by atoms with Crippen LogP contribution in [0.3, 0.4) is 0 Å². The molecule has 1 unspecified atom stereocenters. The molecule has 1 aliphatic heterocycles. The standard InChI is InChI=1S/C23H27FN4O3/c24-20-14-17(6-8-21(20)31-19-5-1-10-26-15-19)7-9-22(29)27-11-3-13-28-12-2-4-18(16-28)23(25)30/h1,5-10,14-15,18H,2-4,11-13,16H2,(H2,25,30)(H,27,29)/b9-7+. The number of nitrogens with two attached hydrogens (primary N) is 1. The minimum Gasteiger partial charge on any atom is -0.453 e. The number of piperidine rings is 1. The number of nitrogens with zero attached hydrogens (tertiary/aromatic N) is 2. The highest BCUT2D eigenvalue weighted by atomic mass is 19.1. The molecule has 3 N–H and O–H groups in total. The zero-order valence-electron chi connectivity index (χ0n) is 17.3. The molecule has 0 radical (unpaired) electrons. The van der Waals surface area contributed by atoms with Crippen LogP contribution >= 0.6 is 0 Å². The molecule has 7 nitrogen and oxygen atoms in total. The molecule has 8 heteroatoms. The summed E-state index contributed by atoms with van der Waals surface area (Å²) in [5, 5.41) is 2.82. The summed E-state index contributed by atoms with van der Waals surface area (Å²) in [5.74, 6) is -0.555. The van der Waals surface area contributed by atoms with Gasteiger partial charge in [0.2, 0.25) is 11.8 Å². The molecule has 31 heavy (non-hydrogen) atoms. The lowest BCUT2D eigenvalue weighted by molar-refractivity contribution is -0.123. The van der Waals surface area contributed by atoms with Crippen molar-refractivity contribution >= 4 is 17.9 Å². The molecule has 164 valence electrons. The van der Waals surface area contributed by atoms with Gasteiger partial charge in [-0.1, -0.05) is 6.07 Å². The zero-order valence-corrected chi connectivity index (χ0v) is 17.3. The summed E-state index contributed by atoms with van der Waals surface area (Å²) in [4.78, 5) is 29.5. The van der Waals surface area contributed by atoms with Crippen molar-refractivity contribution in [3.63, 3.8) is 0 Å². The highest BCUT2D eigenvalue weighted by molar-refractivity contribution is 5.91. The molecule has 2 amide bonds. The van der Waals surface area contributed by atoms with Crippen molar-refractivity contribution in [2.45, 2.75) is 19.3 Å². The molecule has 1 atom stereocenters. The molecule has 1 aromatic heterocycles. The molecule has 0 spiro atoms. The lowest BCUT2D eigenvalue weighted by Crippen LogP contribution is -2.42. The van der Waals surface area contributed by atoms with Gasteiger partial charge in [0.25, 0.3) is 0 Å². The topological polar surface area (TPSA) is 97.6 Å². The number of nitrogens with one attached hydrogen (secondary N) is 1. The number of aromatic nitrogens is 1. The van der Waals surface area contributed by atoms with E-state index in [1.165, 1.54) is 24.4 Å². The van der Waals surface area contributed by atoms with Crippen LogP contribution in [-0.4, -0.2) is 47.9 Å². The fourth-order valence-corrected chi connectivity index (χ4v) is 3.47. The van der Waals surface area contributed by atoms with Crippen molar-refractivity contribution in [3.05, 3.63) is 60.2 Å². The number of hydrogen-bond acceptors (Lipinski definition) is 5. The van der Waals surface area contributed by atoms with E-state index in [9.17, 15) is 14.0 Å². The summed E-state index contributed by atoms with van der Waals surface area (Å²) < 4.78 is 19.7. The third-order valence-corrected chi connectivity index (χ3v) is 5.10. The molecule has 0 aliphatic carbocycles. The summed E-state index contributed by atoms with van der Waals surface area (Å²) in [6, 6.07) is 7.88. The average molecular weight is 426 g/mol. The predicted molar refractivity (Wildman–Crippen MR) is 116 cm³/mol. The van der Waals surface area contributed by atoms with Gasteiger partial charge in [0.15, 0.2) is 11.6 Å². The van der Waals surface area contributed by atoms with Gasteiger partial charge in [0.1, 0.15) is 5.75 Å². The van der Waals surface area contributed by atoms with Gasteiger partial charge >= 0.3 is 0 Å². The van der Waals surface area contributed by atoms with Crippen LogP contribution in [0.1, 0.15) is 24.8 Å². The minimum atomic E-state index is -0.526. The SMILES string of the molecule is NC(=O)C1CCCN(CCCNC(=O)/C=C/c2ccc(Oc3cccnc3)c(F)c2)C1. The third kappa shape index (κ3) is 7.18. The average Bonchev–Trinajstić information content (AvgIpc) is 2.78. The predicted octanol–water partition coefficient (Wildman–Crippen LogP) is 2.73. The van der Waals surface area contributed by atoms with E-state index in [4.69, 9.17) is 10.5 Å². The van der Waals surface area contributed by atoms with Crippen molar-refractivity contribution in [1.82, 2.24) is 15.2 Å². The van der Waals surface area contributed by atoms with Crippen LogP contribution in [0, 0.1) is 11.7 Å². The quantitative estimate of drug-likeness (QED) is 0.475. The third-order valence-electron chi connectivity index (χ3n) is 5.10. The Balaban J connectivity index is 1.40. The molecule has 1 saturated heterocycles. The van der Waals surface area contributed by atoms with Crippen molar-refractivity contribution in [3.8, 4) is 11.5 Å². The van der Waals surface area contributed by atoms with Gasteiger partial charge in [-0.25, -0.2) is 4.39 Å².